The van der Waals surface area contributed by atoms with Gasteiger partial charge in [0.25, 0.3) is 0 Å². The minimum absolute atomic E-state index is 0.181. The van der Waals surface area contributed by atoms with Crippen LogP contribution in [0.15, 0.2) is 0 Å². The first kappa shape index (κ1) is 10.9. The molecule has 1 saturated heterocycles. The van der Waals surface area contributed by atoms with Gasteiger partial charge in [0, 0.05) is 13.5 Å². The number of rotatable bonds is 1. The van der Waals surface area contributed by atoms with Crippen molar-refractivity contribution in [1.82, 2.24) is 0 Å². The minimum atomic E-state index is -2.92. The van der Waals surface area contributed by atoms with E-state index in [2.05, 4.69) is 0 Å². The van der Waals surface area contributed by atoms with Gasteiger partial charge in [0.1, 0.15) is 11.7 Å². The Kier molecular flexibility index (Phi) is 2.65. The number of halogens is 2. The molecule has 1 aliphatic heterocycles. The maximum absolute atomic E-state index is 13.6. The molecule has 0 spiro atoms. The highest BCUT2D eigenvalue weighted by molar-refractivity contribution is 4.99. The lowest BCUT2D eigenvalue weighted by Crippen LogP contribution is -2.60. The monoisotopic (exact) mass is 194 g/mol. The molecule has 0 aromatic heterocycles. The smallest absolute Gasteiger partial charge is 0.301 e. The van der Waals surface area contributed by atoms with Crippen molar-refractivity contribution in [2.75, 3.05) is 7.11 Å². The summed E-state index contributed by atoms with van der Waals surface area (Å²) in [5, 5.41) is 0. The Morgan fingerprint density at radius 3 is 2.38 bits per heavy atom. The third-order valence-electron chi connectivity index (χ3n) is 2.78. The first-order valence-corrected chi connectivity index (χ1v) is 4.42. The van der Waals surface area contributed by atoms with E-state index in [1.807, 2.05) is 0 Å². The molecular formula is C9H16F2O2. The van der Waals surface area contributed by atoms with Gasteiger partial charge in [-0.2, -0.15) is 0 Å². The van der Waals surface area contributed by atoms with Gasteiger partial charge < -0.3 is 9.47 Å². The zero-order chi connectivity index (χ0) is 10.3. The van der Waals surface area contributed by atoms with Gasteiger partial charge in [-0.15, -0.1) is 0 Å². The average Bonchev–Trinajstić information content (AvgIpc) is 2.01. The first-order valence-electron chi connectivity index (χ1n) is 4.42. The van der Waals surface area contributed by atoms with Crippen molar-refractivity contribution in [3.05, 3.63) is 0 Å². The summed E-state index contributed by atoms with van der Waals surface area (Å²) in [6, 6.07) is 0. The molecule has 1 fully saturated rings. The molecule has 1 aliphatic rings. The van der Waals surface area contributed by atoms with E-state index < -0.39 is 17.6 Å². The standard InChI is InChI=1S/C9H16F2O2/c1-6-5-8(3,12-4)9(10,11)7(2)13-6/h6-7H,5H2,1-4H3/t6-,7-,8+/m0/s1. The highest BCUT2D eigenvalue weighted by atomic mass is 19.3. The van der Waals surface area contributed by atoms with E-state index in [1.165, 1.54) is 21.0 Å². The molecule has 0 aliphatic carbocycles. The van der Waals surface area contributed by atoms with Gasteiger partial charge in [0.15, 0.2) is 0 Å². The molecule has 0 bridgehead atoms. The Hall–Kier alpha value is -0.220. The Balaban J connectivity index is 2.92. The normalized spacial score (nSPS) is 44.8. The second-order valence-corrected chi connectivity index (χ2v) is 3.85. The third-order valence-corrected chi connectivity index (χ3v) is 2.78. The average molecular weight is 194 g/mol. The summed E-state index contributed by atoms with van der Waals surface area (Å²) in [6.45, 7) is 4.60. The minimum Gasteiger partial charge on any atom is -0.372 e. The van der Waals surface area contributed by atoms with Crippen LogP contribution in [-0.2, 0) is 9.47 Å². The lowest BCUT2D eigenvalue weighted by Gasteiger charge is -2.45. The van der Waals surface area contributed by atoms with Gasteiger partial charge in [0.2, 0.25) is 0 Å². The van der Waals surface area contributed by atoms with Gasteiger partial charge in [-0.05, 0) is 20.8 Å². The van der Waals surface area contributed by atoms with E-state index in [0.29, 0.717) is 0 Å². The number of ether oxygens (including phenoxy) is 2. The van der Waals surface area contributed by atoms with Crippen LogP contribution in [-0.4, -0.2) is 30.8 Å². The van der Waals surface area contributed by atoms with Crippen LogP contribution in [0.1, 0.15) is 27.2 Å². The maximum Gasteiger partial charge on any atom is 0.301 e. The lowest BCUT2D eigenvalue weighted by atomic mass is 9.85. The van der Waals surface area contributed by atoms with Crippen LogP contribution in [0.2, 0.25) is 0 Å². The van der Waals surface area contributed by atoms with Gasteiger partial charge >= 0.3 is 5.92 Å². The molecule has 13 heavy (non-hydrogen) atoms. The summed E-state index contributed by atoms with van der Waals surface area (Å²) in [5.74, 6) is -2.92. The molecule has 0 amide bonds. The number of alkyl halides is 2. The van der Waals surface area contributed by atoms with Crippen molar-refractivity contribution in [2.24, 2.45) is 0 Å². The van der Waals surface area contributed by atoms with Crippen LogP contribution >= 0.6 is 0 Å². The van der Waals surface area contributed by atoms with E-state index in [-0.39, 0.29) is 12.5 Å². The quantitative estimate of drug-likeness (QED) is 0.637. The molecular weight excluding hydrogens is 178 g/mol. The van der Waals surface area contributed by atoms with Crippen LogP contribution < -0.4 is 0 Å². The molecule has 0 unspecified atom stereocenters. The summed E-state index contributed by atoms with van der Waals surface area (Å²) in [4.78, 5) is 0. The Morgan fingerprint density at radius 2 is 1.92 bits per heavy atom. The summed E-state index contributed by atoms with van der Waals surface area (Å²) >= 11 is 0. The number of hydrogen-bond acceptors (Lipinski definition) is 2. The van der Waals surface area contributed by atoms with Crippen LogP contribution in [0.4, 0.5) is 8.78 Å². The SMILES string of the molecule is CO[C@]1(C)C[C@H](C)O[C@@H](C)C1(F)F. The molecule has 0 aromatic rings. The summed E-state index contributed by atoms with van der Waals surface area (Å²) in [7, 11) is 1.32. The van der Waals surface area contributed by atoms with Crippen molar-refractivity contribution in [1.29, 1.82) is 0 Å². The molecule has 4 heteroatoms. The predicted octanol–water partition coefficient (Wildman–Crippen LogP) is 2.22. The Morgan fingerprint density at radius 1 is 1.38 bits per heavy atom. The summed E-state index contributed by atoms with van der Waals surface area (Å²) in [6.07, 6.45) is -1.04. The molecule has 2 nitrogen and oxygen atoms in total. The highest BCUT2D eigenvalue weighted by Crippen LogP contribution is 2.43. The fraction of sp³-hybridized carbons (Fsp3) is 1.00. The van der Waals surface area contributed by atoms with Crippen LogP contribution in [0.5, 0.6) is 0 Å². The zero-order valence-corrected chi connectivity index (χ0v) is 8.43. The van der Waals surface area contributed by atoms with Gasteiger partial charge in [-0.25, -0.2) is 8.78 Å². The second kappa shape index (κ2) is 3.17. The fourth-order valence-electron chi connectivity index (χ4n) is 1.82. The van der Waals surface area contributed by atoms with Crippen molar-refractivity contribution in [2.45, 2.75) is 50.9 Å². The largest absolute Gasteiger partial charge is 0.372 e. The third kappa shape index (κ3) is 1.57. The van der Waals surface area contributed by atoms with Gasteiger partial charge in [0.05, 0.1) is 6.10 Å². The van der Waals surface area contributed by atoms with Crippen molar-refractivity contribution < 1.29 is 18.3 Å². The molecule has 0 saturated carbocycles. The molecule has 0 N–H and O–H groups in total. The van der Waals surface area contributed by atoms with Crippen LogP contribution in [0.3, 0.4) is 0 Å². The van der Waals surface area contributed by atoms with E-state index in [9.17, 15) is 8.78 Å². The fourth-order valence-corrected chi connectivity index (χ4v) is 1.82. The van der Waals surface area contributed by atoms with Crippen molar-refractivity contribution >= 4 is 0 Å². The Bertz CT molecular complexity index is 196. The highest BCUT2D eigenvalue weighted by Gasteiger charge is 2.59. The maximum atomic E-state index is 13.6. The molecule has 1 rings (SSSR count). The molecule has 0 radical (unpaired) electrons. The van der Waals surface area contributed by atoms with Gasteiger partial charge in [-0.3, -0.25) is 0 Å². The van der Waals surface area contributed by atoms with Crippen LogP contribution in [0.25, 0.3) is 0 Å². The van der Waals surface area contributed by atoms with E-state index >= 15 is 0 Å². The van der Waals surface area contributed by atoms with Crippen LogP contribution in [0, 0.1) is 0 Å². The molecule has 1 heterocycles. The van der Waals surface area contributed by atoms with E-state index in [1.54, 1.807) is 6.92 Å². The predicted molar refractivity (Wildman–Crippen MR) is 45.0 cm³/mol. The summed E-state index contributed by atoms with van der Waals surface area (Å²) < 4.78 is 37.1. The van der Waals surface area contributed by atoms with Crippen molar-refractivity contribution in [3.63, 3.8) is 0 Å². The number of hydrogen-bond donors (Lipinski definition) is 0. The molecule has 78 valence electrons. The molecule has 3 atom stereocenters. The molecule has 0 aromatic carbocycles. The van der Waals surface area contributed by atoms with Gasteiger partial charge in [-0.1, -0.05) is 0 Å². The van der Waals surface area contributed by atoms with Crippen molar-refractivity contribution in [3.8, 4) is 0 Å². The summed E-state index contributed by atoms with van der Waals surface area (Å²) in [5.41, 5.74) is -1.40. The zero-order valence-electron chi connectivity index (χ0n) is 8.43. The van der Waals surface area contributed by atoms with E-state index in [0.717, 1.165) is 0 Å². The topological polar surface area (TPSA) is 18.5 Å². The van der Waals surface area contributed by atoms with E-state index in [4.69, 9.17) is 9.47 Å². The first-order chi connectivity index (χ1) is 5.83. The second-order valence-electron chi connectivity index (χ2n) is 3.85. The Labute approximate surface area is 77.2 Å². The lowest BCUT2D eigenvalue weighted by molar-refractivity contribution is -0.290. The number of methoxy groups -OCH3 is 1.